The zero-order valence-corrected chi connectivity index (χ0v) is 10.6. The predicted octanol–water partition coefficient (Wildman–Crippen LogP) is 3.42. The minimum atomic E-state index is -0.624. The van der Waals surface area contributed by atoms with Gasteiger partial charge >= 0.3 is 0 Å². The number of benzene rings is 2. The molecule has 2 aromatic carbocycles. The molecule has 2 aromatic rings. The summed E-state index contributed by atoms with van der Waals surface area (Å²) in [6.45, 7) is 0.497. The van der Waals surface area contributed by atoms with E-state index in [4.69, 9.17) is 4.74 Å². The Morgan fingerprint density at radius 2 is 1.94 bits per heavy atom. The second-order valence-electron chi connectivity index (χ2n) is 4.07. The minimum Gasteiger partial charge on any atom is -0.488 e. The highest BCUT2D eigenvalue weighted by Crippen LogP contribution is 2.36. The molecule has 0 aliphatic carbocycles. The molecule has 0 saturated heterocycles. The van der Waals surface area contributed by atoms with Gasteiger partial charge in [0.2, 0.25) is 0 Å². The van der Waals surface area contributed by atoms with Crippen molar-refractivity contribution in [3.8, 4) is 5.75 Å². The fourth-order valence-electron chi connectivity index (χ4n) is 2.11. The molecule has 0 fully saturated rings. The highest BCUT2D eigenvalue weighted by Gasteiger charge is 2.22. The largest absolute Gasteiger partial charge is 0.488 e. The Kier molecular flexibility index (Phi) is 2.65. The molecule has 3 heteroatoms. The Bertz CT molecular complexity index is 566. The molecule has 17 heavy (non-hydrogen) atoms. The van der Waals surface area contributed by atoms with Crippen LogP contribution in [-0.4, -0.2) is 5.11 Å². The fourth-order valence-corrected chi connectivity index (χ4v) is 2.49. The van der Waals surface area contributed by atoms with Gasteiger partial charge in [-0.2, -0.15) is 0 Å². The number of hydrogen-bond donors (Lipinski definition) is 1. The van der Waals surface area contributed by atoms with Crippen molar-refractivity contribution < 1.29 is 9.84 Å². The molecule has 1 atom stereocenters. The molecule has 0 amide bonds. The van der Waals surface area contributed by atoms with Crippen LogP contribution in [0.15, 0.2) is 46.9 Å². The SMILES string of the molecule is OC1c2cc(Br)ccc2COc2ccccc21. The molecule has 0 spiro atoms. The van der Waals surface area contributed by atoms with E-state index in [-0.39, 0.29) is 0 Å². The summed E-state index contributed by atoms with van der Waals surface area (Å²) in [4.78, 5) is 0. The number of halogens is 1. The Hall–Kier alpha value is -1.32. The van der Waals surface area contributed by atoms with Gasteiger partial charge in [-0.05, 0) is 29.3 Å². The van der Waals surface area contributed by atoms with E-state index >= 15 is 0 Å². The van der Waals surface area contributed by atoms with Crippen LogP contribution in [0.3, 0.4) is 0 Å². The highest BCUT2D eigenvalue weighted by molar-refractivity contribution is 9.10. The maximum absolute atomic E-state index is 10.4. The first-order chi connectivity index (χ1) is 8.25. The summed E-state index contributed by atoms with van der Waals surface area (Å²) >= 11 is 3.43. The zero-order chi connectivity index (χ0) is 11.8. The van der Waals surface area contributed by atoms with Gasteiger partial charge in [0.05, 0.1) is 0 Å². The number of aliphatic hydroxyl groups is 1. The molecular formula is C14H11BrO2. The first-order valence-electron chi connectivity index (χ1n) is 5.44. The molecule has 1 unspecified atom stereocenters. The first kappa shape index (κ1) is 10.8. The Balaban J connectivity index is 2.18. The van der Waals surface area contributed by atoms with Crippen LogP contribution >= 0.6 is 15.9 Å². The molecule has 86 valence electrons. The second-order valence-corrected chi connectivity index (χ2v) is 4.99. The van der Waals surface area contributed by atoms with E-state index in [1.165, 1.54) is 0 Å². The van der Waals surface area contributed by atoms with E-state index in [9.17, 15) is 5.11 Å². The van der Waals surface area contributed by atoms with Gasteiger partial charge in [-0.1, -0.05) is 40.2 Å². The summed E-state index contributed by atoms with van der Waals surface area (Å²) in [5.74, 6) is 0.757. The van der Waals surface area contributed by atoms with Crippen molar-refractivity contribution in [2.24, 2.45) is 0 Å². The van der Waals surface area contributed by atoms with Crippen LogP contribution in [-0.2, 0) is 6.61 Å². The van der Waals surface area contributed by atoms with Crippen LogP contribution < -0.4 is 4.74 Å². The molecule has 2 nitrogen and oxygen atoms in total. The molecule has 0 aromatic heterocycles. The van der Waals surface area contributed by atoms with Crippen LogP contribution in [0, 0.1) is 0 Å². The third kappa shape index (κ3) is 1.85. The molecule has 1 heterocycles. The van der Waals surface area contributed by atoms with E-state index in [2.05, 4.69) is 15.9 Å². The second kappa shape index (κ2) is 4.17. The standard InChI is InChI=1S/C14H11BrO2/c15-10-6-5-9-8-17-13-4-2-1-3-11(13)14(16)12(9)7-10/h1-7,14,16H,8H2. The number of para-hydroxylation sites is 1. The van der Waals surface area contributed by atoms with Gasteiger partial charge in [-0.25, -0.2) is 0 Å². The van der Waals surface area contributed by atoms with Gasteiger partial charge < -0.3 is 9.84 Å². The highest BCUT2D eigenvalue weighted by atomic mass is 79.9. The van der Waals surface area contributed by atoms with Crippen molar-refractivity contribution in [3.05, 3.63) is 63.6 Å². The smallest absolute Gasteiger partial charge is 0.125 e. The van der Waals surface area contributed by atoms with Crippen molar-refractivity contribution in [2.45, 2.75) is 12.7 Å². The van der Waals surface area contributed by atoms with Crippen LogP contribution in [0.25, 0.3) is 0 Å². The van der Waals surface area contributed by atoms with Gasteiger partial charge in [0.25, 0.3) is 0 Å². The molecule has 0 bridgehead atoms. The molecule has 1 N–H and O–H groups in total. The quantitative estimate of drug-likeness (QED) is 0.806. The number of hydrogen-bond acceptors (Lipinski definition) is 2. The Morgan fingerprint density at radius 1 is 1.12 bits per heavy atom. The number of rotatable bonds is 0. The van der Waals surface area contributed by atoms with Gasteiger partial charge in [0.15, 0.2) is 0 Å². The lowest BCUT2D eigenvalue weighted by molar-refractivity contribution is 0.218. The van der Waals surface area contributed by atoms with Crippen LogP contribution in [0.5, 0.6) is 5.75 Å². The Labute approximate surface area is 108 Å². The normalized spacial score (nSPS) is 17.6. The molecule has 3 rings (SSSR count). The van der Waals surface area contributed by atoms with Crippen molar-refractivity contribution in [1.82, 2.24) is 0 Å². The summed E-state index contributed by atoms with van der Waals surface area (Å²) in [6.07, 6.45) is -0.624. The van der Waals surface area contributed by atoms with E-state index in [0.717, 1.165) is 26.9 Å². The third-order valence-electron chi connectivity index (χ3n) is 3.00. The van der Waals surface area contributed by atoms with E-state index < -0.39 is 6.10 Å². The number of ether oxygens (including phenoxy) is 1. The summed E-state index contributed by atoms with van der Waals surface area (Å²) in [5, 5.41) is 10.4. The summed E-state index contributed by atoms with van der Waals surface area (Å²) < 4.78 is 6.68. The first-order valence-corrected chi connectivity index (χ1v) is 6.23. The molecule has 1 aliphatic heterocycles. The maximum Gasteiger partial charge on any atom is 0.125 e. The van der Waals surface area contributed by atoms with E-state index in [0.29, 0.717) is 6.61 Å². The maximum atomic E-state index is 10.4. The van der Waals surface area contributed by atoms with Gasteiger partial charge in [0, 0.05) is 10.0 Å². The fraction of sp³-hybridized carbons (Fsp3) is 0.143. The lowest BCUT2D eigenvalue weighted by Crippen LogP contribution is -2.01. The lowest BCUT2D eigenvalue weighted by atomic mass is 9.98. The molecule has 0 radical (unpaired) electrons. The summed E-state index contributed by atoms with van der Waals surface area (Å²) in [7, 11) is 0. The topological polar surface area (TPSA) is 29.5 Å². The third-order valence-corrected chi connectivity index (χ3v) is 3.49. The van der Waals surface area contributed by atoms with Crippen molar-refractivity contribution in [1.29, 1.82) is 0 Å². The number of aliphatic hydroxyl groups excluding tert-OH is 1. The van der Waals surface area contributed by atoms with E-state index in [1.807, 2.05) is 42.5 Å². The Morgan fingerprint density at radius 3 is 2.82 bits per heavy atom. The monoisotopic (exact) mass is 290 g/mol. The van der Waals surface area contributed by atoms with Crippen molar-refractivity contribution >= 4 is 15.9 Å². The van der Waals surface area contributed by atoms with Crippen LogP contribution in [0.2, 0.25) is 0 Å². The van der Waals surface area contributed by atoms with Crippen molar-refractivity contribution in [3.63, 3.8) is 0 Å². The zero-order valence-electron chi connectivity index (χ0n) is 9.06. The average molecular weight is 291 g/mol. The average Bonchev–Trinajstić information content (AvgIpc) is 2.49. The van der Waals surface area contributed by atoms with Crippen LogP contribution in [0.1, 0.15) is 22.8 Å². The molecule has 0 saturated carbocycles. The van der Waals surface area contributed by atoms with Crippen LogP contribution in [0.4, 0.5) is 0 Å². The predicted molar refractivity (Wildman–Crippen MR) is 69.0 cm³/mol. The molecule has 1 aliphatic rings. The lowest BCUT2D eigenvalue weighted by Gasteiger charge is -2.12. The molecular weight excluding hydrogens is 280 g/mol. The van der Waals surface area contributed by atoms with Crippen molar-refractivity contribution in [2.75, 3.05) is 0 Å². The van der Waals surface area contributed by atoms with Gasteiger partial charge in [-0.15, -0.1) is 0 Å². The summed E-state index contributed by atoms with van der Waals surface area (Å²) in [5.41, 5.74) is 2.76. The van der Waals surface area contributed by atoms with Gasteiger partial charge in [-0.3, -0.25) is 0 Å². The number of fused-ring (bicyclic) bond motifs is 2. The minimum absolute atomic E-state index is 0.497. The summed E-state index contributed by atoms with van der Waals surface area (Å²) in [6, 6.07) is 13.5. The van der Waals surface area contributed by atoms with E-state index in [1.54, 1.807) is 0 Å². The van der Waals surface area contributed by atoms with Gasteiger partial charge in [0.1, 0.15) is 18.5 Å².